The molecule has 0 saturated heterocycles. The highest BCUT2D eigenvalue weighted by atomic mass is 35.5. The first-order valence-corrected chi connectivity index (χ1v) is 5.91. The highest BCUT2D eigenvalue weighted by Gasteiger charge is 2.11. The lowest BCUT2D eigenvalue weighted by Crippen LogP contribution is -2.14. The van der Waals surface area contributed by atoms with Crippen LogP contribution in [0.5, 0.6) is 0 Å². The molecule has 0 atom stereocenters. The number of nitrogens with two attached hydrogens (primary N) is 1. The molecule has 0 aliphatic heterocycles. The van der Waals surface area contributed by atoms with Crippen LogP contribution >= 0.6 is 11.6 Å². The average Bonchev–Trinajstić information content (AvgIpc) is 2.50. The summed E-state index contributed by atoms with van der Waals surface area (Å²) in [6.07, 6.45) is 0.354. The first-order valence-electron chi connectivity index (χ1n) is 5.54. The lowest BCUT2D eigenvalue weighted by Gasteiger charge is -2.06. The van der Waals surface area contributed by atoms with Crippen LogP contribution in [0.2, 0.25) is 5.02 Å². The summed E-state index contributed by atoms with van der Waals surface area (Å²) < 4.78 is 2.12. The van der Waals surface area contributed by atoms with Gasteiger partial charge in [-0.3, -0.25) is 4.79 Å². The zero-order chi connectivity index (χ0) is 12.6. The molecule has 4 heteroatoms. The van der Waals surface area contributed by atoms with Crippen molar-refractivity contribution in [2.24, 2.45) is 5.73 Å². The minimum atomic E-state index is -0.280. The number of benzene rings is 1. The minimum Gasteiger partial charge on any atom is -0.370 e. The molecule has 0 radical (unpaired) electrons. The fourth-order valence-electron chi connectivity index (χ4n) is 2.13. The second kappa shape index (κ2) is 4.41. The number of amides is 1. The van der Waals surface area contributed by atoms with Gasteiger partial charge in [0.1, 0.15) is 0 Å². The van der Waals surface area contributed by atoms with Crippen molar-refractivity contribution < 1.29 is 4.79 Å². The lowest BCUT2D eigenvalue weighted by molar-refractivity contribution is -0.118. The smallest absolute Gasteiger partial charge is 0.219 e. The third kappa shape index (κ3) is 2.15. The summed E-state index contributed by atoms with van der Waals surface area (Å²) in [5, 5.41) is 1.87. The molecule has 1 amide bonds. The van der Waals surface area contributed by atoms with Gasteiger partial charge in [0.2, 0.25) is 5.91 Å². The van der Waals surface area contributed by atoms with Gasteiger partial charge in [0.05, 0.1) is 0 Å². The maximum atomic E-state index is 10.9. The summed E-state index contributed by atoms with van der Waals surface area (Å²) in [4.78, 5) is 10.9. The quantitative estimate of drug-likeness (QED) is 0.895. The highest BCUT2D eigenvalue weighted by Crippen LogP contribution is 2.27. The number of halogens is 1. The summed E-state index contributed by atoms with van der Waals surface area (Å²) in [5.74, 6) is -0.280. The Kier molecular flexibility index (Phi) is 3.11. The van der Waals surface area contributed by atoms with Crippen molar-refractivity contribution in [3.8, 4) is 0 Å². The van der Waals surface area contributed by atoms with Crippen molar-refractivity contribution in [2.75, 3.05) is 0 Å². The molecule has 2 rings (SSSR count). The van der Waals surface area contributed by atoms with E-state index < -0.39 is 0 Å². The normalized spacial score (nSPS) is 11.0. The van der Waals surface area contributed by atoms with Crippen molar-refractivity contribution in [1.82, 2.24) is 4.57 Å². The van der Waals surface area contributed by atoms with E-state index in [1.165, 1.54) is 5.56 Å². The Morgan fingerprint density at radius 1 is 1.41 bits per heavy atom. The molecular weight excluding hydrogens is 236 g/mol. The van der Waals surface area contributed by atoms with Gasteiger partial charge in [0.15, 0.2) is 0 Å². The number of fused-ring (bicyclic) bond motifs is 1. The molecule has 0 unspecified atom stereocenters. The van der Waals surface area contributed by atoms with Gasteiger partial charge in [0.25, 0.3) is 0 Å². The van der Waals surface area contributed by atoms with Crippen LogP contribution in [-0.4, -0.2) is 10.5 Å². The van der Waals surface area contributed by atoms with Crippen LogP contribution in [0.1, 0.15) is 17.7 Å². The summed E-state index contributed by atoms with van der Waals surface area (Å²) in [6.45, 7) is 4.73. The molecule has 0 aliphatic carbocycles. The van der Waals surface area contributed by atoms with E-state index >= 15 is 0 Å². The van der Waals surface area contributed by atoms with Crippen LogP contribution in [-0.2, 0) is 11.3 Å². The molecule has 0 bridgehead atoms. The molecule has 2 N–H and O–H groups in total. The Morgan fingerprint density at radius 2 is 2.12 bits per heavy atom. The van der Waals surface area contributed by atoms with Gasteiger partial charge < -0.3 is 10.3 Å². The second-order valence-corrected chi connectivity index (χ2v) is 4.68. The number of hydrogen-bond acceptors (Lipinski definition) is 1. The first-order chi connectivity index (χ1) is 8.00. The minimum absolute atomic E-state index is 0.280. The Balaban J connectivity index is 2.54. The Hall–Kier alpha value is -1.48. The summed E-state index contributed by atoms with van der Waals surface area (Å²) in [7, 11) is 0. The predicted octanol–water partition coefficient (Wildman–Crippen LogP) is 2.79. The highest BCUT2D eigenvalue weighted by molar-refractivity contribution is 6.31. The van der Waals surface area contributed by atoms with Crippen LogP contribution in [0.15, 0.2) is 18.2 Å². The second-order valence-electron chi connectivity index (χ2n) is 4.24. The molecule has 0 aliphatic rings. The standard InChI is InChI=1S/C13H15ClN2O/c1-8-9(2)16(6-5-13(15)17)12-4-3-10(14)7-11(8)12/h3-4,7H,5-6H2,1-2H3,(H2,15,17). The largest absolute Gasteiger partial charge is 0.370 e. The van der Waals surface area contributed by atoms with E-state index in [1.807, 2.05) is 25.1 Å². The van der Waals surface area contributed by atoms with E-state index in [0.717, 1.165) is 21.6 Å². The van der Waals surface area contributed by atoms with Crippen LogP contribution in [0.3, 0.4) is 0 Å². The van der Waals surface area contributed by atoms with Crippen molar-refractivity contribution in [3.05, 3.63) is 34.5 Å². The number of nitrogens with zero attached hydrogens (tertiary/aromatic N) is 1. The van der Waals surface area contributed by atoms with Gasteiger partial charge in [-0.1, -0.05) is 11.6 Å². The third-order valence-electron chi connectivity index (χ3n) is 3.18. The van der Waals surface area contributed by atoms with Crippen LogP contribution in [0, 0.1) is 13.8 Å². The fourth-order valence-corrected chi connectivity index (χ4v) is 2.30. The van der Waals surface area contributed by atoms with E-state index in [-0.39, 0.29) is 5.91 Å². The molecule has 90 valence electrons. The third-order valence-corrected chi connectivity index (χ3v) is 3.42. The number of hydrogen-bond donors (Lipinski definition) is 1. The van der Waals surface area contributed by atoms with E-state index in [2.05, 4.69) is 11.5 Å². The van der Waals surface area contributed by atoms with Gasteiger partial charge in [0, 0.05) is 34.6 Å². The molecule has 2 aromatic rings. The Morgan fingerprint density at radius 3 is 2.76 bits per heavy atom. The molecule has 17 heavy (non-hydrogen) atoms. The van der Waals surface area contributed by atoms with Gasteiger partial charge in [-0.2, -0.15) is 0 Å². The summed E-state index contributed by atoms with van der Waals surface area (Å²) in [6, 6.07) is 5.81. The Labute approximate surface area is 105 Å². The number of aryl methyl sites for hydroxylation is 2. The van der Waals surface area contributed by atoms with Crippen LogP contribution in [0.4, 0.5) is 0 Å². The number of aromatic nitrogens is 1. The molecule has 0 saturated carbocycles. The average molecular weight is 251 g/mol. The maximum absolute atomic E-state index is 10.9. The maximum Gasteiger partial charge on any atom is 0.219 e. The summed E-state index contributed by atoms with van der Waals surface area (Å²) in [5.41, 5.74) is 8.65. The SMILES string of the molecule is Cc1c(C)n(CCC(N)=O)c2ccc(Cl)cc12. The van der Waals surface area contributed by atoms with Crippen molar-refractivity contribution in [3.63, 3.8) is 0 Å². The topological polar surface area (TPSA) is 48.0 Å². The molecular formula is C13H15ClN2O. The number of rotatable bonds is 3. The van der Waals surface area contributed by atoms with E-state index in [9.17, 15) is 4.79 Å². The fraction of sp³-hybridized carbons (Fsp3) is 0.308. The van der Waals surface area contributed by atoms with Crippen LogP contribution < -0.4 is 5.73 Å². The molecule has 1 aromatic heterocycles. The first kappa shape index (κ1) is 12.0. The lowest BCUT2D eigenvalue weighted by atomic mass is 10.2. The Bertz CT molecular complexity index is 587. The molecule has 0 spiro atoms. The molecule has 3 nitrogen and oxygen atoms in total. The predicted molar refractivity (Wildman–Crippen MR) is 70.2 cm³/mol. The number of carbonyl (C=O) groups is 1. The van der Waals surface area contributed by atoms with Crippen molar-refractivity contribution in [1.29, 1.82) is 0 Å². The van der Waals surface area contributed by atoms with Gasteiger partial charge in [-0.25, -0.2) is 0 Å². The molecule has 0 fully saturated rings. The molecule has 1 heterocycles. The number of primary amides is 1. The summed E-state index contributed by atoms with van der Waals surface area (Å²) >= 11 is 6.00. The van der Waals surface area contributed by atoms with E-state index in [0.29, 0.717) is 13.0 Å². The van der Waals surface area contributed by atoms with E-state index in [1.54, 1.807) is 0 Å². The molecule has 1 aromatic carbocycles. The number of carbonyl (C=O) groups excluding carboxylic acids is 1. The van der Waals surface area contributed by atoms with Gasteiger partial charge >= 0.3 is 0 Å². The zero-order valence-corrected chi connectivity index (χ0v) is 10.7. The monoisotopic (exact) mass is 250 g/mol. The zero-order valence-electron chi connectivity index (χ0n) is 9.96. The van der Waals surface area contributed by atoms with Gasteiger partial charge in [-0.15, -0.1) is 0 Å². The van der Waals surface area contributed by atoms with E-state index in [4.69, 9.17) is 17.3 Å². The van der Waals surface area contributed by atoms with Crippen LogP contribution in [0.25, 0.3) is 10.9 Å². The van der Waals surface area contributed by atoms with Gasteiger partial charge in [-0.05, 0) is 37.6 Å². The van der Waals surface area contributed by atoms with Crippen molar-refractivity contribution >= 4 is 28.4 Å². The van der Waals surface area contributed by atoms with Crippen molar-refractivity contribution in [2.45, 2.75) is 26.8 Å².